The number of ether oxygens (including phenoxy) is 3. The van der Waals surface area contributed by atoms with Crippen molar-refractivity contribution in [2.45, 2.75) is 136 Å². The van der Waals surface area contributed by atoms with Gasteiger partial charge >= 0.3 is 0 Å². The van der Waals surface area contributed by atoms with Crippen molar-refractivity contribution in [3.63, 3.8) is 0 Å². The third-order valence-corrected chi connectivity index (χ3v) is 9.33. The highest BCUT2D eigenvalue weighted by Crippen LogP contribution is 2.39. The third-order valence-electron chi connectivity index (χ3n) is 9.33. The van der Waals surface area contributed by atoms with E-state index in [1.54, 1.807) is 0 Å². The van der Waals surface area contributed by atoms with E-state index in [4.69, 9.17) is 14.2 Å². The van der Waals surface area contributed by atoms with Crippen LogP contribution < -0.4 is 0 Å². The van der Waals surface area contributed by atoms with E-state index in [9.17, 15) is 5.11 Å². The van der Waals surface area contributed by atoms with Crippen LogP contribution in [0.3, 0.4) is 0 Å². The third kappa shape index (κ3) is 11.0. The van der Waals surface area contributed by atoms with E-state index in [0.717, 1.165) is 36.0 Å². The molecular formula is C45H60O4. The van der Waals surface area contributed by atoms with Crippen LogP contribution in [0, 0.1) is 0 Å². The molecule has 3 atom stereocenters. The van der Waals surface area contributed by atoms with Crippen LogP contribution in [0.5, 0.6) is 5.75 Å². The lowest BCUT2D eigenvalue weighted by Gasteiger charge is -2.36. The summed E-state index contributed by atoms with van der Waals surface area (Å²) in [5.74, 6) is 0.295. The van der Waals surface area contributed by atoms with Gasteiger partial charge in [0.1, 0.15) is 5.75 Å². The summed E-state index contributed by atoms with van der Waals surface area (Å²) >= 11 is 0. The van der Waals surface area contributed by atoms with Gasteiger partial charge in [-0.25, -0.2) is 0 Å². The molecule has 49 heavy (non-hydrogen) atoms. The monoisotopic (exact) mass is 664 g/mol. The zero-order valence-corrected chi connectivity index (χ0v) is 31.5. The predicted molar refractivity (Wildman–Crippen MR) is 203 cm³/mol. The van der Waals surface area contributed by atoms with Crippen molar-refractivity contribution < 1.29 is 19.3 Å². The average Bonchev–Trinajstić information content (AvgIpc) is 3.09. The molecule has 264 valence electrons. The lowest BCUT2D eigenvalue weighted by atomic mass is 9.82. The highest BCUT2D eigenvalue weighted by atomic mass is 16.5. The molecule has 0 aliphatic carbocycles. The number of hydrogen-bond acceptors (Lipinski definition) is 4. The second-order valence-electron chi connectivity index (χ2n) is 15.3. The van der Waals surface area contributed by atoms with E-state index in [2.05, 4.69) is 141 Å². The Morgan fingerprint density at radius 1 is 0.449 bits per heavy atom. The van der Waals surface area contributed by atoms with Crippen molar-refractivity contribution in [1.82, 2.24) is 0 Å². The Balaban J connectivity index is 1.71. The Bertz CT molecular complexity index is 1560. The van der Waals surface area contributed by atoms with Crippen LogP contribution in [0.25, 0.3) is 0 Å². The Hall–Kier alpha value is -3.44. The number of aromatic hydroxyl groups is 1. The van der Waals surface area contributed by atoms with Gasteiger partial charge in [-0.1, -0.05) is 118 Å². The Kier molecular flexibility index (Phi) is 13.3. The maximum absolute atomic E-state index is 11.6. The molecule has 0 bridgehead atoms. The summed E-state index contributed by atoms with van der Waals surface area (Å²) in [5.41, 5.74) is 5.20. The van der Waals surface area contributed by atoms with Gasteiger partial charge in [0.2, 0.25) is 0 Å². The molecule has 0 saturated heterocycles. The van der Waals surface area contributed by atoms with E-state index in [1.807, 2.05) is 24.3 Å². The van der Waals surface area contributed by atoms with E-state index >= 15 is 0 Å². The van der Waals surface area contributed by atoms with E-state index < -0.39 is 16.8 Å². The summed E-state index contributed by atoms with van der Waals surface area (Å²) in [5, 5.41) is 11.6. The molecule has 0 radical (unpaired) electrons. The first-order chi connectivity index (χ1) is 23.3. The highest BCUT2D eigenvalue weighted by molar-refractivity contribution is 5.47. The fourth-order valence-electron chi connectivity index (χ4n) is 7.07. The van der Waals surface area contributed by atoms with Gasteiger partial charge in [0.25, 0.3) is 0 Å². The minimum atomic E-state index is -0.547. The molecule has 4 nitrogen and oxygen atoms in total. The summed E-state index contributed by atoms with van der Waals surface area (Å²) < 4.78 is 20.6. The van der Waals surface area contributed by atoms with Crippen LogP contribution in [0.1, 0.15) is 133 Å². The lowest BCUT2D eigenvalue weighted by molar-refractivity contribution is -0.0797. The molecule has 4 heteroatoms. The van der Waals surface area contributed by atoms with E-state index in [-0.39, 0.29) is 18.3 Å². The quantitative estimate of drug-likeness (QED) is 0.115. The van der Waals surface area contributed by atoms with Gasteiger partial charge in [0.05, 0.1) is 35.1 Å². The smallest absolute Gasteiger partial charge is 0.119 e. The zero-order chi connectivity index (χ0) is 35.7. The van der Waals surface area contributed by atoms with Crippen LogP contribution >= 0.6 is 0 Å². The molecule has 0 amide bonds. The van der Waals surface area contributed by atoms with Gasteiger partial charge in [-0.15, -0.1) is 0 Å². The second-order valence-corrected chi connectivity index (χ2v) is 15.3. The van der Waals surface area contributed by atoms with Gasteiger partial charge in [-0.05, 0) is 94.7 Å². The molecule has 0 spiro atoms. The lowest BCUT2D eigenvalue weighted by Crippen LogP contribution is -2.34. The maximum atomic E-state index is 11.6. The molecular weight excluding hydrogens is 604 g/mol. The number of rotatable bonds is 18. The van der Waals surface area contributed by atoms with Gasteiger partial charge < -0.3 is 19.3 Å². The van der Waals surface area contributed by atoms with E-state index in [0.29, 0.717) is 25.0 Å². The van der Waals surface area contributed by atoms with Gasteiger partial charge in [-0.2, -0.15) is 0 Å². The molecule has 0 fully saturated rings. The molecule has 3 unspecified atom stereocenters. The van der Waals surface area contributed by atoms with Crippen molar-refractivity contribution >= 4 is 0 Å². The molecule has 4 aromatic carbocycles. The number of phenols is 1. The number of phenolic OH excluding ortho intramolecular Hbond substituents is 1. The molecule has 4 rings (SSSR count). The molecule has 4 aromatic rings. The SMILES string of the molecule is CCC(OC(C)(C)Cc1ccc(O)c(CC(C)(C)OC(CC)c2ccccc2)c1CC(C)(C)OC(CC)c1ccccc1)c1ccccc1. The van der Waals surface area contributed by atoms with Crippen molar-refractivity contribution in [3.05, 3.63) is 137 Å². The van der Waals surface area contributed by atoms with Crippen LogP contribution in [-0.4, -0.2) is 21.9 Å². The average molecular weight is 665 g/mol. The molecule has 0 aliphatic heterocycles. The maximum Gasteiger partial charge on any atom is 0.119 e. The van der Waals surface area contributed by atoms with Crippen molar-refractivity contribution in [1.29, 1.82) is 0 Å². The standard InChI is InChI=1S/C45H60O4/c1-10-40(33-22-16-13-17-23-33)47-43(4,5)30-36-28-29-39(46)38(32-45(8,9)49-42(12-3)35-26-20-15-21-27-35)37(36)31-44(6,7)48-41(11-2)34-24-18-14-19-25-34/h13-29,40-42,46H,10-12,30-32H2,1-9H3. The van der Waals surface area contributed by atoms with Crippen molar-refractivity contribution in [3.8, 4) is 5.75 Å². The van der Waals surface area contributed by atoms with Crippen molar-refractivity contribution in [2.24, 2.45) is 0 Å². The van der Waals surface area contributed by atoms with Gasteiger partial charge in [0, 0.05) is 24.8 Å². The fourth-order valence-corrected chi connectivity index (χ4v) is 7.07. The van der Waals surface area contributed by atoms with Crippen LogP contribution in [0.4, 0.5) is 0 Å². The summed E-state index contributed by atoms with van der Waals surface area (Å²) in [7, 11) is 0. The largest absolute Gasteiger partial charge is 0.508 e. The molecule has 0 saturated carbocycles. The fraction of sp³-hybridized carbons (Fsp3) is 0.467. The van der Waals surface area contributed by atoms with Crippen LogP contribution in [0.15, 0.2) is 103 Å². The first-order valence-corrected chi connectivity index (χ1v) is 18.3. The number of benzene rings is 4. The van der Waals surface area contributed by atoms with Gasteiger partial charge in [0.15, 0.2) is 0 Å². The van der Waals surface area contributed by atoms with Crippen molar-refractivity contribution in [2.75, 3.05) is 0 Å². The summed E-state index contributed by atoms with van der Waals surface area (Å²) in [6.07, 6.45) is 4.39. The zero-order valence-electron chi connectivity index (χ0n) is 31.5. The van der Waals surface area contributed by atoms with Gasteiger partial charge in [-0.3, -0.25) is 0 Å². The highest BCUT2D eigenvalue weighted by Gasteiger charge is 2.33. The Labute approximate surface area is 296 Å². The minimum Gasteiger partial charge on any atom is -0.508 e. The normalized spacial score (nSPS) is 14.4. The summed E-state index contributed by atoms with van der Waals surface area (Å²) in [4.78, 5) is 0. The second kappa shape index (κ2) is 17.0. The first kappa shape index (κ1) is 38.4. The Morgan fingerprint density at radius 2 is 0.776 bits per heavy atom. The molecule has 0 aromatic heterocycles. The molecule has 0 heterocycles. The number of hydrogen-bond donors (Lipinski definition) is 1. The van der Waals surface area contributed by atoms with E-state index in [1.165, 1.54) is 16.7 Å². The summed E-state index contributed by atoms with van der Waals surface area (Å²) in [6.45, 7) is 19.5. The van der Waals surface area contributed by atoms with Crippen LogP contribution in [0.2, 0.25) is 0 Å². The molecule has 0 aliphatic rings. The topological polar surface area (TPSA) is 47.9 Å². The Morgan fingerprint density at radius 3 is 1.12 bits per heavy atom. The first-order valence-electron chi connectivity index (χ1n) is 18.3. The molecule has 1 N–H and O–H groups in total. The predicted octanol–water partition coefficient (Wildman–Crippen LogP) is 11.9. The summed E-state index contributed by atoms with van der Waals surface area (Å²) in [6, 6.07) is 35.3. The minimum absolute atomic E-state index is 0.0107. The van der Waals surface area contributed by atoms with Crippen LogP contribution in [-0.2, 0) is 33.5 Å².